The molecule has 2 aliphatic rings. The predicted octanol–water partition coefficient (Wildman–Crippen LogP) is 0.460. The minimum Gasteiger partial charge on any atom is -0.382 e. The highest BCUT2D eigenvalue weighted by molar-refractivity contribution is 6.04. The minimum absolute atomic E-state index is 0.126. The van der Waals surface area contributed by atoms with Crippen molar-refractivity contribution < 1.29 is 14.4 Å². The standard InChI is InChI=1S/C18H24N4O3/c1-14(23)22-11-9-21(10-12-22)8-7-19-18(24)17-13-16(20-25-17)15-5-3-2-4-6-15/h2-6,17H,7-13H2,1H3,(H,19,24). The zero-order valence-electron chi connectivity index (χ0n) is 14.5. The normalized spacial score (nSPS) is 20.8. The second-order valence-corrected chi connectivity index (χ2v) is 6.34. The smallest absolute Gasteiger partial charge is 0.264 e. The summed E-state index contributed by atoms with van der Waals surface area (Å²) < 4.78 is 0. The molecule has 0 aromatic heterocycles. The first-order chi connectivity index (χ1) is 12.1. The third kappa shape index (κ3) is 4.57. The van der Waals surface area contributed by atoms with E-state index in [2.05, 4.69) is 15.4 Å². The molecule has 7 heteroatoms. The van der Waals surface area contributed by atoms with Crippen molar-refractivity contribution in [3.8, 4) is 0 Å². The van der Waals surface area contributed by atoms with Crippen molar-refractivity contribution in [3.63, 3.8) is 0 Å². The molecule has 2 amide bonds. The first-order valence-electron chi connectivity index (χ1n) is 8.67. The van der Waals surface area contributed by atoms with E-state index in [0.717, 1.165) is 44.0 Å². The Labute approximate surface area is 147 Å². The van der Waals surface area contributed by atoms with Crippen LogP contribution in [0.3, 0.4) is 0 Å². The van der Waals surface area contributed by atoms with Gasteiger partial charge in [-0.2, -0.15) is 0 Å². The number of benzene rings is 1. The molecule has 1 unspecified atom stereocenters. The molecule has 25 heavy (non-hydrogen) atoms. The highest BCUT2D eigenvalue weighted by atomic mass is 16.6. The average molecular weight is 344 g/mol. The van der Waals surface area contributed by atoms with Crippen LogP contribution in [0.4, 0.5) is 0 Å². The van der Waals surface area contributed by atoms with Crippen molar-refractivity contribution >= 4 is 17.5 Å². The zero-order valence-corrected chi connectivity index (χ0v) is 14.5. The first-order valence-corrected chi connectivity index (χ1v) is 8.67. The van der Waals surface area contributed by atoms with E-state index in [1.54, 1.807) is 6.92 Å². The van der Waals surface area contributed by atoms with Gasteiger partial charge in [0.1, 0.15) is 0 Å². The summed E-state index contributed by atoms with van der Waals surface area (Å²) in [6.45, 7) is 6.14. The molecule has 0 bridgehead atoms. The van der Waals surface area contributed by atoms with Crippen LogP contribution in [-0.4, -0.2) is 72.7 Å². The molecule has 1 atom stereocenters. The molecule has 1 saturated heterocycles. The number of piperazine rings is 1. The number of carbonyl (C=O) groups is 2. The van der Waals surface area contributed by atoms with E-state index < -0.39 is 6.10 Å². The summed E-state index contributed by atoms with van der Waals surface area (Å²) >= 11 is 0. The molecule has 0 spiro atoms. The van der Waals surface area contributed by atoms with Gasteiger partial charge in [-0.1, -0.05) is 35.5 Å². The summed E-state index contributed by atoms with van der Waals surface area (Å²) in [4.78, 5) is 32.9. The number of hydrogen-bond donors (Lipinski definition) is 1. The van der Waals surface area contributed by atoms with Crippen LogP contribution in [0, 0.1) is 0 Å². The quantitative estimate of drug-likeness (QED) is 0.842. The van der Waals surface area contributed by atoms with E-state index in [9.17, 15) is 9.59 Å². The maximum atomic E-state index is 12.2. The van der Waals surface area contributed by atoms with Gasteiger partial charge in [-0.05, 0) is 5.56 Å². The average Bonchev–Trinajstić information content (AvgIpc) is 3.13. The lowest BCUT2D eigenvalue weighted by molar-refractivity contribution is -0.131. The Hall–Kier alpha value is -2.41. The fourth-order valence-electron chi connectivity index (χ4n) is 3.06. The van der Waals surface area contributed by atoms with E-state index >= 15 is 0 Å². The molecule has 1 aromatic rings. The molecule has 3 rings (SSSR count). The summed E-state index contributed by atoms with van der Waals surface area (Å²) in [5.41, 5.74) is 1.79. The molecule has 0 radical (unpaired) electrons. The van der Waals surface area contributed by atoms with Crippen LogP contribution < -0.4 is 5.32 Å². The van der Waals surface area contributed by atoms with E-state index in [4.69, 9.17) is 4.84 Å². The number of oxime groups is 1. The van der Waals surface area contributed by atoms with E-state index in [0.29, 0.717) is 13.0 Å². The SMILES string of the molecule is CC(=O)N1CCN(CCNC(=O)C2CC(c3ccccc3)=NO2)CC1. The van der Waals surface area contributed by atoms with Crippen LogP contribution in [0.5, 0.6) is 0 Å². The maximum absolute atomic E-state index is 12.2. The Morgan fingerprint density at radius 3 is 2.60 bits per heavy atom. The van der Waals surface area contributed by atoms with E-state index in [-0.39, 0.29) is 11.8 Å². The lowest BCUT2D eigenvalue weighted by atomic mass is 10.0. The van der Waals surface area contributed by atoms with Crippen molar-refractivity contribution in [2.45, 2.75) is 19.4 Å². The topological polar surface area (TPSA) is 74.2 Å². The summed E-state index contributed by atoms with van der Waals surface area (Å²) in [7, 11) is 0. The van der Waals surface area contributed by atoms with Crippen molar-refractivity contribution in [2.75, 3.05) is 39.3 Å². The third-order valence-corrected chi connectivity index (χ3v) is 4.61. The first kappa shape index (κ1) is 17.4. The molecule has 134 valence electrons. The van der Waals surface area contributed by atoms with Crippen molar-refractivity contribution in [3.05, 3.63) is 35.9 Å². The molecule has 2 heterocycles. The van der Waals surface area contributed by atoms with Gasteiger partial charge in [0.05, 0.1) is 5.71 Å². The highest BCUT2D eigenvalue weighted by Gasteiger charge is 2.28. The molecule has 1 fully saturated rings. The van der Waals surface area contributed by atoms with Crippen LogP contribution in [0.25, 0.3) is 0 Å². The molecular formula is C18H24N4O3. The number of amides is 2. The Morgan fingerprint density at radius 1 is 1.20 bits per heavy atom. The van der Waals surface area contributed by atoms with Crippen molar-refractivity contribution in [2.24, 2.45) is 5.16 Å². The van der Waals surface area contributed by atoms with Crippen LogP contribution in [0.2, 0.25) is 0 Å². The molecule has 1 aromatic carbocycles. The number of carbonyl (C=O) groups excluding carboxylic acids is 2. The molecule has 2 aliphatic heterocycles. The number of hydrogen-bond acceptors (Lipinski definition) is 5. The summed E-state index contributed by atoms with van der Waals surface area (Å²) in [6.07, 6.45) is -0.0580. The zero-order chi connectivity index (χ0) is 17.6. The van der Waals surface area contributed by atoms with Gasteiger partial charge in [0.2, 0.25) is 12.0 Å². The molecule has 0 saturated carbocycles. The maximum Gasteiger partial charge on any atom is 0.264 e. The number of rotatable bonds is 5. The van der Waals surface area contributed by atoms with Crippen LogP contribution in [0.15, 0.2) is 35.5 Å². The molecule has 7 nitrogen and oxygen atoms in total. The van der Waals surface area contributed by atoms with Gasteiger partial charge in [0.25, 0.3) is 5.91 Å². The lowest BCUT2D eigenvalue weighted by Crippen LogP contribution is -2.50. The monoisotopic (exact) mass is 344 g/mol. The largest absolute Gasteiger partial charge is 0.382 e. The van der Waals surface area contributed by atoms with Crippen molar-refractivity contribution in [1.29, 1.82) is 0 Å². The summed E-state index contributed by atoms with van der Waals surface area (Å²) in [6, 6.07) is 9.75. The van der Waals surface area contributed by atoms with Gasteiger partial charge >= 0.3 is 0 Å². The van der Waals surface area contributed by atoms with Gasteiger partial charge in [-0.15, -0.1) is 0 Å². The number of nitrogens with one attached hydrogen (secondary N) is 1. The Kier molecular flexibility index (Phi) is 5.65. The second kappa shape index (κ2) is 8.11. The fourth-order valence-corrected chi connectivity index (χ4v) is 3.06. The van der Waals surface area contributed by atoms with E-state index in [1.807, 2.05) is 35.2 Å². The summed E-state index contributed by atoms with van der Waals surface area (Å²) in [5.74, 6) is -0.00221. The highest BCUT2D eigenvalue weighted by Crippen LogP contribution is 2.16. The Morgan fingerprint density at radius 2 is 1.92 bits per heavy atom. The molecule has 1 N–H and O–H groups in total. The molecule has 0 aliphatic carbocycles. The van der Waals surface area contributed by atoms with Gasteiger partial charge < -0.3 is 15.1 Å². The van der Waals surface area contributed by atoms with Crippen molar-refractivity contribution in [1.82, 2.24) is 15.1 Å². The van der Waals surface area contributed by atoms with Gasteiger partial charge in [0.15, 0.2) is 0 Å². The van der Waals surface area contributed by atoms with Gasteiger partial charge in [-0.25, -0.2) is 0 Å². The molecular weight excluding hydrogens is 320 g/mol. The van der Waals surface area contributed by atoms with E-state index in [1.165, 1.54) is 0 Å². The van der Waals surface area contributed by atoms with Crippen LogP contribution in [0.1, 0.15) is 18.9 Å². The van der Waals surface area contributed by atoms with Gasteiger partial charge in [0, 0.05) is 52.6 Å². The van der Waals surface area contributed by atoms with Crippen LogP contribution in [-0.2, 0) is 14.4 Å². The summed E-state index contributed by atoms with van der Waals surface area (Å²) in [5, 5.41) is 6.96. The lowest BCUT2D eigenvalue weighted by Gasteiger charge is -2.34. The second-order valence-electron chi connectivity index (χ2n) is 6.34. The predicted molar refractivity (Wildman–Crippen MR) is 94.2 cm³/mol. The van der Waals surface area contributed by atoms with Gasteiger partial charge in [-0.3, -0.25) is 14.5 Å². The number of nitrogens with zero attached hydrogens (tertiary/aromatic N) is 3. The minimum atomic E-state index is -0.551. The Balaban J connectivity index is 1.36. The Bertz CT molecular complexity index is 639. The third-order valence-electron chi connectivity index (χ3n) is 4.61. The fraction of sp³-hybridized carbons (Fsp3) is 0.500. The van der Waals surface area contributed by atoms with Crippen LogP contribution >= 0.6 is 0 Å².